The normalized spacial score (nSPS) is 10.8. The standard InChI is InChI=1S/C15H13BrN4/c1-9-13(16)15(17-2)20-14(19-9)11-7-8-18-12-6-4-3-5-10(11)12/h3-8H,1-2H3,(H,17,19,20). The van der Waals surface area contributed by atoms with Gasteiger partial charge in [0.05, 0.1) is 15.7 Å². The summed E-state index contributed by atoms with van der Waals surface area (Å²) in [5, 5.41) is 4.14. The molecule has 2 aromatic heterocycles. The highest BCUT2D eigenvalue weighted by atomic mass is 79.9. The summed E-state index contributed by atoms with van der Waals surface area (Å²) < 4.78 is 0.891. The van der Waals surface area contributed by atoms with E-state index in [0.29, 0.717) is 5.82 Å². The number of hydrogen-bond acceptors (Lipinski definition) is 4. The van der Waals surface area contributed by atoms with Crippen molar-refractivity contribution in [1.29, 1.82) is 0 Å². The largest absolute Gasteiger partial charge is 0.372 e. The Balaban J connectivity index is 2.28. The number of anilines is 1. The maximum absolute atomic E-state index is 4.58. The van der Waals surface area contributed by atoms with Gasteiger partial charge < -0.3 is 5.32 Å². The molecule has 0 aliphatic rings. The van der Waals surface area contributed by atoms with Crippen molar-refractivity contribution in [3.63, 3.8) is 0 Å². The minimum absolute atomic E-state index is 0.702. The lowest BCUT2D eigenvalue weighted by molar-refractivity contribution is 1.09. The van der Waals surface area contributed by atoms with Crippen LogP contribution in [-0.4, -0.2) is 22.0 Å². The van der Waals surface area contributed by atoms with Crippen molar-refractivity contribution >= 4 is 32.7 Å². The van der Waals surface area contributed by atoms with E-state index in [2.05, 4.69) is 36.2 Å². The van der Waals surface area contributed by atoms with E-state index in [1.807, 2.05) is 44.3 Å². The lowest BCUT2D eigenvalue weighted by atomic mass is 10.1. The zero-order valence-corrected chi connectivity index (χ0v) is 12.8. The van der Waals surface area contributed by atoms with Gasteiger partial charge in [0.2, 0.25) is 0 Å². The van der Waals surface area contributed by atoms with E-state index >= 15 is 0 Å². The van der Waals surface area contributed by atoms with Gasteiger partial charge in [-0.3, -0.25) is 4.98 Å². The van der Waals surface area contributed by atoms with E-state index < -0.39 is 0 Å². The van der Waals surface area contributed by atoms with Crippen molar-refractivity contribution < 1.29 is 0 Å². The molecule has 0 saturated carbocycles. The van der Waals surface area contributed by atoms with Crippen LogP contribution in [0.1, 0.15) is 5.69 Å². The molecule has 0 amide bonds. The Hall–Kier alpha value is -2.01. The number of pyridine rings is 1. The molecule has 0 bridgehead atoms. The third-order valence-electron chi connectivity index (χ3n) is 3.14. The number of benzene rings is 1. The number of nitrogens with zero attached hydrogens (tertiary/aromatic N) is 3. The fraction of sp³-hybridized carbons (Fsp3) is 0.133. The number of aryl methyl sites for hydroxylation is 1. The van der Waals surface area contributed by atoms with Gasteiger partial charge in [0.1, 0.15) is 5.82 Å². The molecule has 4 nitrogen and oxygen atoms in total. The minimum atomic E-state index is 0.702. The van der Waals surface area contributed by atoms with E-state index in [9.17, 15) is 0 Å². The van der Waals surface area contributed by atoms with E-state index in [4.69, 9.17) is 0 Å². The number of fused-ring (bicyclic) bond motifs is 1. The van der Waals surface area contributed by atoms with Crippen molar-refractivity contribution in [3.05, 3.63) is 46.7 Å². The fourth-order valence-electron chi connectivity index (χ4n) is 2.14. The molecule has 0 radical (unpaired) electrons. The Morgan fingerprint density at radius 3 is 2.70 bits per heavy atom. The van der Waals surface area contributed by atoms with E-state index in [0.717, 1.165) is 32.5 Å². The second-order valence-electron chi connectivity index (χ2n) is 4.42. The molecule has 0 aliphatic carbocycles. The summed E-state index contributed by atoms with van der Waals surface area (Å²) >= 11 is 3.50. The predicted molar refractivity (Wildman–Crippen MR) is 84.8 cm³/mol. The third-order valence-corrected chi connectivity index (χ3v) is 4.09. The molecule has 3 rings (SSSR count). The summed E-state index contributed by atoms with van der Waals surface area (Å²) in [4.78, 5) is 13.5. The van der Waals surface area contributed by atoms with Gasteiger partial charge in [0.15, 0.2) is 5.82 Å². The molecule has 5 heteroatoms. The maximum atomic E-state index is 4.58. The van der Waals surface area contributed by atoms with Gasteiger partial charge in [-0.15, -0.1) is 0 Å². The van der Waals surface area contributed by atoms with Crippen LogP contribution < -0.4 is 5.32 Å². The Morgan fingerprint density at radius 2 is 1.90 bits per heavy atom. The number of rotatable bonds is 2. The molecule has 3 aromatic rings. The van der Waals surface area contributed by atoms with Crippen LogP contribution >= 0.6 is 15.9 Å². The Kier molecular flexibility index (Phi) is 3.36. The molecule has 0 atom stereocenters. The first-order valence-electron chi connectivity index (χ1n) is 6.26. The van der Waals surface area contributed by atoms with Crippen LogP contribution in [0.3, 0.4) is 0 Å². The second kappa shape index (κ2) is 5.17. The Morgan fingerprint density at radius 1 is 1.10 bits per heavy atom. The Bertz CT molecular complexity index is 781. The summed E-state index contributed by atoms with van der Waals surface area (Å²) in [6.07, 6.45) is 1.79. The molecule has 1 aromatic carbocycles. The molecule has 0 saturated heterocycles. The summed E-state index contributed by atoms with van der Waals surface area (Å²) in [6.45, 7) is 1.96. The number of nitrogens with one attached hydrogen (secondary N) is 1. The molecule has 1 N–H and O–H groups in total. The zero-order valence-electron chi connectivity index (χ0n) is 11.2. The van der Waals surface area contributed by atoms with Crippen molar-refractivity contribution in [2.24, 2.45) is 0 Å². The molecular formula is C15H13BrN4. The van der Waals surface area contributed by atoms with Crippen LogP contribution in [0.15, 0.2) is 41.0 Å². The summed E-state index contributed by atoms with van der Waals surface area (Å²) in [7, 11) is 1.85. The quantitative estimate of drug-likeness (QED) is 0.777. The molecule has 100 valence electrons. The average Bonchev–Trinajstić information content (AvgIpc) is 2.49. The molecule has 20 heavy (non-hydrogen) atoms. The van der Waals surface area contributed by atoms with Gasteiger partial charge in [-0.2, -0.15) is 0 Å². The van der Waals surface area contributed by atoms with Crippen LogP contribution in [0.4, 0.5) is 5.82 Å². The second-order valence-corrected chi connectivity index (χ2v) is 5.21. The minimum Gasteiger partial charge on any atom is -0.372 e. The first-order chi connectivity index (χ1) is 9.70. The smallest absolute Gasteiger partial charge is 0.162 e. The van der Waals surface area contributed by atoms with Crippen molar-refractivity contribution in [2.45, 2.75) is 6.92 Å². The average molecular weight is 329 g/mol. The molecule has 0 unspecified atom stereocenters. The lowest BCUT2D eigenvalue weighted by Gasteiger charge is -2.10. The molecule has 0 fully saturated rings. The van der Waals surface area contributed by atoms with Crippen molar-refractivity contribution in [2.75, 3.05) is 12.4 Å². The van der Waals surface area contributed by atoms with Crippen molar-refractivity contribution in [3.8, 4) is 11.4 Å². The van der Waals surface area contributed by atoms with Gasteiger partial charge in [0.25, 0.3) is 0 Å². The van der Waals surface area contributed by atoms with Crippen LogP contribution in [0, 0.1) is 6.92 Å². The predicted octanol–water partition coefficient (Wildman–Crippen LogP) is 3.80. The molecular weight excluding hydrogens is 316 g/mol. The van der Waals surface area contributed by atoms with Crippen LogP contribution in [0.5, 0.6) is 0 Å². The van der Waals surface area contributed by atoms with Crippen LogP contribution in [-0.2, 0) is 0 Å². The van der Waals surface area contributed by atoms with Crippen LogP contribution in [0.25, 0.3) is 22.3 Å². The van der Waals surface area contributed by atoms with E-state index in [1.54, 1.807) is 6.20 Å². The highest BCUT2D eigenvalue weighted by Crippen LogP contribution is 2.29. The number of hydrogen-bond donors (Lipinski definition) is 1. The molecule has 0 spiro atoms. The third kappa shape index (κ3) is 2.14. The van der Waals surface area contributed by atoms with Gasteiger partial charge in [-0.25, -0.2) is 9.97 Å². The van der Waals surface area contributed by atoms with Gasteiger partial charge in [-0.1, -0.05) is 18.2 Å². The van der Waals surface area contributed by atoms with Gasteiger partial charge >= 0.3 is 0 Å². The first kappa shape index (κ1) is 13.0. The monoisotopic (exact) mass is 328 g/mol. The van der Waals surface area contributed by atoms with Gasteiger partial charge in [-0.05, 0) is 35.0 Å². The van der Waals surface area contributed by atoms with E-state index in [-0.39, 0.29) is 0 Å². The SMILES string of the molecule is CNc1nc(-c2ccnc3ccccc23)nc(C)c1Br. The Labute approximate surface area is 125 Å². The summed E-state index contributed by atoms with van der Waals surface area (Å²) in [5.41, 5.74) is 2.84. The highest BCUT2D eigenvalue weighted by Gasteiger charge is 2.12. The highest BCUT2D eigenvalue weighted by molar-refractivity contribution is 9.10. The van der Waals surface area contributed by atoms with E-state index in [1.165, 1.54) is 0 Å². The molecule has 0 aliphatic heterocycles. The summed E-state index contributed by atoms with van der Waals surface area (Å²) in [5.74, 6) is 1.49. The zero-order chi connectivity index (χ0) is 14.1. The van der Waals surface area contributed by atoms with Crippen molar-refractivity contribution in [1.82, 2.24) is 15.0 Å². The number of aromatic nitrogens is 3. The molecule has 2 heterocycles. The number of halogens is 1. The first-order valence-corrected chi connectivity index (χ1v) is 7.06. The van der Waals surface area contributed by atoms with Gasteiger partial charge in [0, 0.05) is 24.2 Å². The lowest BCUT2D eigenvalue weighted by Crippen LogP contribution is -2.01. The maximum Gasteiger partial charge on any atom is 0.162 e. The number of para-hydroxylation sites is 1. The topological polar surface area (TPSA) is 50.7 Å². The summed E-state index contributed by atoms with van der Waals surface area (Å²) in [6, 6.07) is 9.95. The van der Waals surface area contributed by atoms with Crippen LogP contribution in [0.2, 0.25) is 0 Å². The fourth-order valence-corrected chi connectivity index (χ4v) is 2.51.